The third-order valence-corrected chi connectivity index (χ3v) is 9.26. The lowest BCUT2D eigenvalue weighted by Crippen LogP contribution is -2.44. The van der Waals surface area contributed by atoms with E-state index in [1.165, 1.54) is 5.56 Å². The fraction of sp³-hybridized carbons (Fsp3) is 0.250. The van der Waals surface area contributed by atoms with Crippen LogP contribution in [0, 0.1) is 23.7 Å². The second-order valence-corrected chi connectivity index (χ2v) is 11.2. The Morgan fingerprint density at radius 2 is 1.18 bits per heavy atom. The molecule has 2 saturated heterocycles. The fourth-order valence-corrected chi connectivity index (χ4v) is 7.23. The second-order valence-electron chi connectivity index (χ2n) is 11.2. The van der Waals surface area contributed by atoms with Gasteiger partial charge in [0.25, 0.3) is 11.8 Å². The lowest BCUT2D eigenvalue weighted by atomic mass is 9.60. The van der Waals surface area contributed by atoms with Crippen molar-refractivity contribution >= 4 is 33.6 Å². The number of rotatable bonds is 3. The van der Waals surface area contributed by atoms with Gasteiger partial charge in [-0.05, 0) is 82.0 Å². The van der Waals surface area contributed by atoms with Crippen LogP contribution in [0.3, 0.4) is 0 Å². The molecular weight excluding hydrogens is 486 g/mol. The lowest BCUT2D eigenvalue weighted by Gasteiger charge is -2.42. The zero-order chi connectivity index (χ0) is 26.1. The van der Waals surface area contributed by atoms with E-state index in [9.17, 15) is 9.59 Å². The van der Waals surface area contributed by atoms with E-state index in [1.807, 2.05) is 58.3 Å². The molecule has 3 aliphatic rings. The number of aromatic nitrogens is 3. The molecule has 3 heterocycles. The summed E-state index contributed by atoms with van der Waals surface area (Å²) in [5.41, 5.74) is 5.20. The molecule has 5 aromatic rings. The molecule has 3 fully saturated rings. The van der Waals surface area contributed by atoms with Crippen molar-refractivity contribution in [3.8, 4) is 11.1 Å². The molecule has 0 spiro atoms. The van der Waals surface area contributed by atoms with E-state index in [2.05, 4.69) is 51.8 Å². The molecule has 0 bridgehead atoms. The Hall–Kier alpha value is -4.52. The monoisotopic (exact) mass is 513 g/mol. The summed E-state index contributed by atoms with van der Waals surface area (Å²) in [7, 11) is 0. The highest BCUT2D eigenvalue weighted by molar-refractivity contribution is 6.00. The molecule has 1 aliphatic carbocycles. The zero-order valence-electron chi connectivity index (χ0n) is 21.3. The van der Waals surface area contributed by atoms with Crippen molar-refractivity contribution in [3.05, 3.63) is 96.1 Å². The minimum atomic E-state index is 0.0614. The van der Waals surface area contributed by atoms with Crippen LogP contribution >= 0.6 is 0 Å². The molecular formula is C32H27N5O2. The maximum absolute atomic E-state index is 13.6. The van der Waals surface area contributed by atoms with Crippen LogP contribution in [0.25, 0.3) is 32.9 Å². The third kappa shape index (κ3) is 3.56. The zero-order valence-corrected chi connectivity index (χ0v) is 21.3. The number of H-pyrrole nitrogens is 1. The number of hydrogen-bond acceptors (Lipinski definition) is 4. The molecule has 2 unspecified atom stereocenters. The molecule has 4 aromatic carbocycles. The SMILES string of the molecule is O=C(c1ccc2ccc(-c3ccccc3)cc2c1)N1CC2C(C1)[C@@H]1CN(C(=O)c3ccc4n[nH]nc4c3)C[C@H]21. The number of carbonyl (C=O) groups excluding carboxylic acids is 2. The topological polar surface area (TPSA) is 82.2 Å². The molecule has 192 valence electrons. The average Bonchev–Trinajstić information content (AvgIpc) is 3.71. The predicted molar refractivity (Wildman–Crippen MR) is 149 cm³/mol. The molecule has 7 nitrogen and oxygen atoms in total. The van der Waals surface area contributed by atoms with Crippen LogP contribution in [0.15, 0.2) is 84.9 Å². The van der Waals surface area contributed by atoms with E-state index >= 15 is 0 Å². The van der Waals surface area contributed by atoms with E-state index in [1.54, 1.807) is 0 Å². The summed E-state index contributed by atoms with van der Waals surface area (Å²) in [5.74, 6) is 2.06. The maximum Gasteiger partial charge on any atom is 0.253 e. The van der Waals surface area contributed by atoms with Crippen molar-refractivity contribution in [1.29, 1.82) is 0 Å². The second kappa shape index (κ2) is 8.50. The van der Waals surface area contributed by atoms with Gasteiger partial charge in [-0.15, -0.1) is 0 Å². The highest BCUT2D eigenvalue weighted by Gasteiger charge is 2.59. The van der Waals surface area contributed by atoms with Gasteiger partial charge in [-0.1, -0.05) is 48.5 Å². The number of aromatic amines is 1. The Balaban J connectivity index is 0.966. The van der Waals surface area contributed by atoms with Crippen LogP contribution in [0.1, 0.15) is 20.7 Å². The lowest BCUT2D eigenvalue weighted by molar-refractivity contribution is 0.0629. The number of hydrogen-bond donors (Lipinski definition) is 1. The van der Waals surface area contributed by atoms with Gasteiger partial charge in [-0.25, -0.2) is 0 Å². The molecule has 2 amide bonds. The molecule has 0 radical (unpaired) electrons. The van der Waals surface area contributed by atoms with Crippen molar-refractivity contribution < 1.29 is 9.59 Å². The Morgan fingerprint density at radius 1 is 0.590 bits per heavy atom. The first-order valence-electron chi connectivity index (χ1n) is 13.6. The summed E-state index contributed by atoms with van der Waals surface area (Å²) in [6, 6.07) is 28.3. The van der Waals surface area contributed by atoms with Gasteiger partial charge in [0, 0.05) is 37.3 Å². The van der Waals surface area contributed by atoms with Crippen LogP contribution in [0.2, 0.25) is 0 Å². The van der Waals surface area contributed by atoms with Crippen LogP contribution in [0.4, 0.5) is 0 Å². The smallest absolute Gasteiger partial charge is 0.253 e. The number of nitrogens with zero attached hydrogens (tertiary/aromatic N) is 4. The van der Waals surface area contributed by atoms with E-state index in [-0.39, 0.29) is 11.8 Å². The number of nitrogens with one attached hydrogen (secondary N) is 1. The molecule has 39 heavy (non-hydrogen) atoms. The summed E-state index contributed by atoms with van der Waals surface area (Å²) in [6.07, 6.45) is 0. The van der Waals surface area contributed by atoms with Crippen LogP contribution < -0.4 is 0 Å². The number of carbonyl (C=O) groups is 2. The van der Waals surface area contributed by atoms with E-state index in [4.69, 9.17) is 0 Å². The van der Waals surface area contributed by atoms with Crippen molar-refractivity contribution in [2.75, 3.05) is 26.2 Å². The maximum atomic E-state index is 13.6. The first-order valence-corrected chi connectivity index (χ1v) is 13.6. The van der Waals surface area contributed by atoms with E-state index < -0.39 is 0 Å². The highest BCUT2D eigenvalue weighted by atomic mass is 16.2. The Labute approximate surface area is 225 Å². The van der Waals surface area contributed by atoms with Gasteiger partial charge < -0.3 is 9.80 Å². The Morgan fingerprint density at radius 3 is 1.87 bits per heavy atom. The number of amides is 2. The van der Waals surface area contributed by atoms with Crippen LogP contribution in [-0.2, 0) is 0 Å². The Kier molecular flexibility index (Phi) is 4.89. The predicted octanol–water partition coefficient (Wildman–Crippen LogP) is 4.87. The van der Waals surface area contributed by atoms with E-state index in [0.717, 1.165) is 53.6 Å². The van der Waals surface area contributed by atoms with Gasteiger partial charge >= 0.3 is 0 Å². The summed E-state index contributed by atoms with van der Waals surface area (Å²) in [4.78, 5) is 30.8. The largest absolute Gasteiger partial charge is 0.338 e. The van der Waals surface area contributed by atoms with Gasteiger partial charge in [0.2, 0.25) is 0 Å². The molecule has 2 aliphatic heterocycles. The van der Waals surface area contributed by atoms with Crippen molar-refractivity contribution in [2.24, 2.45) is 23.7 Å². The summed E-state index contributed by atoms with van der Waals surface area (Å²) < 4.78 is 0. The number of fused-ring (bicyclic) bond motifs is 6. The van der Waals surface area contributed by atoms with Crippen molar-refractivity contribution in [3.63, 3.8) is 0 Å². The van der Waals surface area contributed by atoms with Crippen molar-refractivity contribution in [1.82, 2.24) is 25.2 Å². The molecule has 7 heteroatoms. The molecule has 4 atom stereocenters. The number of benzene rings is 4. The van der Waals surface area contributed by atoms with Gasteiger partial charge in [0.05, 0.1) is 0 Å². The van der Waals surface area contributed by atoms with Gasteiger partial charge in [0.1, 0.15) is 11.0 Å². The van der Waals surface area contributed by atoms with Crippen LogP contribution in [-0.4, -0.2) is 63.2 Å². The molecule has 1 saturated carbocycles. The van der Waals surface area contributed by atoms with Crippen LogP contribution in [0.5, 0.6) is 0 Å². The van der Waals surface area contributed by atoms with Crippen molar-refractivity contribution in [2.45, 2.75) is 0 Å². The average molecular weight is 514 g/mol. The standard InChI is InChI=1S/C32H27N5O2/c38-31(22-9-7-20-6-8-21(12-24(20)13-22)19-4-2-1-3-5-19)36-15-25-26(16-36)28-18-37(17-27(25)28)32(39)23-10-11-29-30(14-23)34-35-33-29/h1-14,25-28H,15-18H2,(H,33,34,35)/t25?,26?,27-,28+. The van der Waals surface area contributed by atoms with Gasteiger partial charge in [-0.2, -0.15) is 15.4 Å². The summed E-state index contributed by atoms with van der Waals surface area (Å²) in [6.45, 7) is 3.09. The van der Waals surface area contributed by atoms with E-state index in [0.29, 0.717) is 34.8 Å². The first kappa shape index (κ1) is 22.5. The third-order valence-electron chi connectivity index (χ3n) is 9.26. The fourth-order valence-electron chi connectivity index (χ4n) is 7.23. The quantitative estimate of drug-likeness (QED) is 0.373. The first-order chi connectivity index (χ1) is 19.1. The number of likely N-dealkylation sites (tertiary alicyclic amines) is 2. The van der Waals surface area contributed by atoms with Gasteiger partial charge in [0.15, 0.2) is 0 Å². The minimum Gasteiger partial charge on any atom is -0.338 e. The summed E-state index contributed by atoms with van der Waals surface area (Å²) >= 11 is 0. The minimum absolute atomic E-state index is 0.0614. The molecule has 8 rings (SSSR count). The highest BCUT2D eigenvalue weighted by Crippen LogP contribution is 2.54. The Bertz CT molecular complexity index is 1740. The molecule has 1 N–H and O–H groups in total. The summed E-state index contributed by atoms with van der Waals surface area (Å²) in [5, 5.41) is 13.0. The van der Waals surface area contributed by atoms with Gasteiger partial charge in [-0.3, -0.25) is 9.59 Å². The normalized spacial score (nSPS) is 23.6. The molecule has 1 aromatic heterocycles.